The van der Waals surface area contributed by atoms with Gasteiger partial charge in [-0.1, -0.05) is 13.0 Å². The normalized spacial score (nSPS) is 11.2. The summed E-state index contributed by atoms with van der Waals surface area (Å²) in [7, 11) is 2.10. The molecule has 0 aliphatic carbocycles. The Bertz CT molecular complexity index is 522. The van der Waals surface area contributed by atoms with E-state index in [1.54, 1.807) is 0 Å². The molecule has 20 heavy (non-hydrogen) atoms. The summed E-state index contributed by atoms with van der Waals surface area (Å²) in [5, 5.41) is 3.28. The SMILES string of the molecule is CCNCc1cc(CN(C)Cc2ccccn2)c(C)o1. The lowest BCUT2D eigenvalue weighted by Crippen LogP contribution is -2.18. The van der Waals surface area contributed by atoms with Crippen LogP contribution in [0, 0.1) is 6.92 Å². The van der Waals surface area contributed by atoms with Gasteiger partial charge in [-0.15, -0.1) is 0 Å². The van der Waals surface area contributed by atoms with Crippen LogP contribution in [-0.4, -0.2) is 23.5 Å². The lowest BCUT2D eigenvalue weighted by Gasteiger charge is -2.15. The van der Waals surface area contributed by atoms with Gasteiger partial charge >= 0.3 is 0 Å². The van der Waals surface area contributed by atoms with Crippen molar-refractivity contribution in [2.24, 2.45) is 0 Å². The minimum atomic E-state index is 0.793. The first-order valence-electron chi connectivity index (χ1n) is 7.06. The first kappa shape index (κ1) is 14.8. The maximum atomic E-state index is 5.76. The van der Waals surface area contributed by atoms with Crippen LogP contribution in [0.3, 0.4) is 0 Å². The zero-order valence-corrected chi connectivity index (χ0v) is 12.5. The van der Waals surface area contributed by atoms with Gasteiger partial charge in [0.15, 0.2) is 0 Å². The number of furan rings is 1. The number of pyridine rings is 1. The average Bonchev–Trinajstić information content (AvgIpc) is 2.78. The van der Waals surface area contributed by atoms with Crippen molar-refractivity contribution in [2.75, 3.05) is 13.6 Å². The first-order valence-corrected chi connectivity index (χ1v) is 7.06. The van der Waals surface area contributed by atoms with Crippen LogP contribution in [0.1, 0.15) is 29.7 Å². The smallest absolute Gasteiger partial charge is 0.118 e. The van der Waals surface area contributed by atoms with Crippen molar-refractivity contribution in [1.82, 2.24) is 15.2 Å². The van der Waals surface area contributed by atoms with Gasteiger partial charge in [-0.25, -0.2) is 0 Å². The average molecular weight is 273 g/mol. The number of aromatic nitrogens is 1. The van der Waals surface area contributed by atoms with Crippen LogP contribution in [-0.2, 0) is 19.6 Å². The second-order valence-electron chi connectivity index (χ2n) is 5.07. The van der Waals surface area contributed by atoms with Crippen LogP contribution in [0.25, 0.3) is 0 Å². The highest BCUT2D eigenvalue weighted by Gasteiger charge is 2.10. The summed E-state index contributed by atoms with van der Waals surface area (Å²) in [6.07, 6.45) is 1.83. The fourth-order valence-electron chi connectivity index (χ4n) is 2.19. The highest BCUT2D eigenvalue weighted by molar-refractivity contribution is 5.20. The number of hydrogen-bond acceptors (Lipinski definition) is 4. The molecule has 4 nitrogen and oxygen atoms in total. The van der Waals surface area contributed by atoms with Crippen LogP contribution in [0.4, 0.5) is 0 Å². The van der Waals surface area contributed by atoms with E-state index in [9.17, 15) is 0 Å². The number of aryl methyl sites for hydroxylation is 1. The minimum absolute atomic E-state index is 0.793. The molecule has 0 aromatic carbocycles. The molecule has 0 aliphatic rings. The van der Waals surface area contributed by atoms with Gasteiger partial charge in [-0.3, -0.25) is 9.88 Å². The predicted molar refractivity (Wildman–Crippen MR) is 80.2 cm³/mol. The molecule has 0 aliphatic heterocycles. The van der Waals surface area contributed by atoms with Gasteiger partial charge in [0.1, 0.15) is 11.5 Å². The lowest BCUT2D eigenvalue weighted by molar-refractivity contribution is 0.312. The quantitative estimate of drug-likeness (QED) is 0.842. The van der Waals surface area contributed by atoms with Crippen LogP contribution in [0.2, 0.25) is 0 Å². The summed E-state index contributed by atoms with van der Waals surface area (Å²) < 4.78 is 5.76. The van der Waals surface area contributed by atoms with Crippen LogP contribution < -0.4 is 5.32 Å². The maximum absolute atomic E-state index is 5.76. The largest absolute Gasteiger partial charge is 0.465 e. The van der Waals surface area contributed by atoms with E-state index in [1.807, 2.05) is 25.3 Å². The van der Waals surface area contributed by atoms with Crippen molar-refractivity contribution >= 4 is 0 Å². The van der Waals surface area contributed by atoms with Gasteiger partial charge in [0, 0.05) is 24.8 Å². The molecule has 2 aromatic rings. The highest BCUT2D eigenvalue weighted by Crippen LogP contribution is 2.17. The second kappa shape index (κ2) is 7.22. The van der Waals surface area contributed by atoms with Gasteiger partial charge in [0.25, 0.3) is 0 Å². The number of rotatable bonds is 7. The third-order valence-electron chi connectivity index (χ3n) is 3.22. The molecule has 0 fully saturated rings. The molecular weight excluding hydrogens is 250 g/mol. The van der Waals surface area contributed by atoms with E-state index in [-0.39, 0.29) is 0 Å². The Labute approximate surface area is 120 Å². The van der Waals surface area contributed by atoms with E-state index >= 15 is 0 Å². The van der Waals surface area contributed by atoms with E-state index in [0.29, 0.717) is 0 Å². The van der Waals surface area contributed by atoms with Crippen LogP contribution in [0.5, 0.6) is 0 Å². The van der Waals surface area contributed by atoms with Crippen LogP contribution in [0.15, 0.2) is 34.9 Å². The molecule has 0 saturated heterocycles. The van der Waals surface area contributed by atoms with Crippen molar-refractivity contribution in [1.29, 1.82) is 0 Å². The standard InChI is InChI=1S/C16H23N3O/c1-4-17-10-16-9-14(13(2)20-16)11-19(3)12-15-7-5-6-8-18-15/h5-9,17H,4,10-12H2,1-3H3. The van der Waals surface area contributed by atoms with Crippen molar-refractivity contribution in [3.8, 4) is 0 Å². The topological polar surface area (TPSA) is 41.3 Å². The third-order valence-corrected chi connectivity index (χ3v) is 3.22. The molecule has 2 rings (SSSR count). The molecule has 0 bridgehead atoms. The molecule has 0 unspecified atom stereocenters. The first-order chi connectivity index (χ1) is 9.69. The van der Waals surface area contributed by atoms with Crippen molar-refractivity contribution in [2.45, 2.75) is 33.5 Å². The molecule has 108 valence electrons. The third kappa shape index (κ3) is 4.18. The van der Waals surface area contributed by atoms with Crippen molar-refractivity contribution in [3.63, 3.8) is 0 Å². The molecule has 2 aromatic heterocycles. The Morgan fingerprint density at radius 1 is 1.30 bits per heavy atom. The summed E-state index contributed by atoms with van der Waals surface area (Å²) >= 11 is 0. The summed E-state index contributed by atoms with van der Waals surface area (Å²) in [5.41, 5.74) is 2.33. The summed E-state index contributed by atoms with van der Waals surface area (Å²) in [5.74, 6) is 2.01. The van der Waals surface area contributed by atoms with E-state index < -0.39 is 0 Å². The number of hydrogen-bond donors (Lipinski definition) is 1. The Kier molecular flexibility index (Phi) is 5.32. The number of nitrogens with zero attached hydrogens (tertiary/aromatic N) is 2. The van der Waals surface area contributed by atoms with Crippen molar-refractivity contribution in [3.05, 3.63) is 53.2 Å². The molecule has 0 amide bonds. The second-order valence-corrected chi connectivity index (χ2v) is 5.07. The molecule has 0 saturated carbocycles. The summed E-state index contributed by atoms with van der Waals surface area (Å²) in [6, 6.07) is 8.16. The van der Waals surface area contributed by atoms with E-state index in [1.165, 1.54) is 5.56 Å². The molecule has 1 N–H and O–H groups in total. The number of nitrogens with one attached hydrogen (secondary N) is 1. The highest BCUT2D eigenvalue weighted by atomic mass is 16.3. The fourth-order valence-corrected chi connectivity index (χ4v) is 2.19. The van der Waals surface area contributed by atoms with Gasteiger partial charge in [0.05, 0.1) is 12.2 Å². The zero-order chi connectivity index (χ0) is 14.4. The van der Waals surface area contributed by atoms with E-state index in [2.05, 4.69) is 41.3 Å². The van der Waals surface area contributed by atoms with Gasteiger partial charge < -0.3 is 9.73 Å². The van der Waals surface area contributed by atoms with Crippen molar-refractivity contribution < 1.29 is 4.42 Å². The van der Waals surface area contributed by atoms with E-state index in [0.717, 1.165) is 43.4 Å². The molecule has 0 atom stereocenters. The Morgan fingerprint density at radius 3 is 2.85 bits per heavy atom. The van der Waals surface area contributed by atoms with Gasteiger partial charge in [-0.05, 0) is 38.7 Å². The van der Waals surface area contributed by atoms with E-state index in [4.69, 9.17) is 4.42 Å². The lowest BCUT2D eigenvalue weighted by atomic mass is 10.2. The van der Waals surface area contributed by atoms with Crippen LogP contribution >= 0.6 is 0 Å². The Morgan fingerprint density at radius 2 is 2.15 bits per heavy atom. The Hall–Kier alpha value is -1.65. The Balaban J connectivity index is 1.93. The molecule has 0 radical (unpaired) electrons. The minimum Gasteiger partial charge on any atom is -0.465 e. The summed E-state index contributed by atoms with van der Waals surface area (Å²) in [4.78, 5) is 6.60. The summed E-state index contributed by atoms with van der Waals surface area (Å²) in [6.45, 7) is 7.58. The molecule has 0 spiro atoms. The maximum Gasteiger partial charge on any atom is 0.118 e. The molecule has 2 heterocycles. The molecule has 4 heteroatoms. The monoisotopic (exact) mass is 273 g/mol. The zero-order valence-electron chi connectivity index (χ0n) is 12.5. The van der Waals surface area contributed by atoms with Gasteiger partial charge in [-0.2, -0.15) is 0 Å². The predicted octanol–water partition coefficient (Wildman–Crippen LogP) is 2.72. The molecular formula is C16H23N3O. The fraction of sp³-hybridized carbons (Fsp3) is 0.438. The van der Waals surface area contributed by atoms with Gasteiger partial charge in [0.2, 0.25) is 0 Å².